The summed E-state index contributed by atoms with van der Waals surface area (Å²) in [5, 5.41) is 7.85. The first kappa shape index (κ1) is 19.9. The summed E-state index contributed by atoms with van der Waals surface area (Å²) in [4.78, 5) is 18.0. The number of aromatic nitrogens is 2. The minimum absolute atomic E-state index is 0.0740. The highest BCUT2D eigenvalue weighted by atomic mass is 19.1. The van der Waals surface area contributed by atoms with Crippen molar-refractivity contribution in [2.75, 3.05) is 36.4 Å². The van der Waals surface area contributed by atoms with E-state index in [2.05, 4.69) is 20.2 Å². The lowest BCUT2D eigenvalue weighted by atomic mass is 10.0. The smallest absolute Gasteiger partial charge is 0.246 e. The first-order chi connectivity index (χ1) is 14.0. The van der Waals surface area contributed by atoms with Crippen LogP contribution in [-0.4, -0.2) is 46.8 Å². The highest BCUT2D eigenvalue weighted by molar-refractivity contribution is 5.98. The maximum atomic E-state index is 13.5. The van der Waals surface area contributed by atoms with E-state index in [-0.39, 0.29) is 11.7 Å². The number of rotatable bonds is 5. The van der Waals surface area contributed by atoms with Crippen LogP contribution in [-0.2, 0) is 11.8 Å². The minimum Gasteiger partial charge on any atom is -0.353 e. The van der Waals surface area contributed by atoms with Crippen molar-refractivity contribution in [3.8, 4) is 0 Å². The molecule has 1 aromatic heterocycles. The molecule has 1 N–H and O–H groups in total. The van der Waals surface area contributed by atoms with Crippen LogP contribution in [0.3, 0.4) is 0 Å². The second-order valence-electron chi connectivity index (χ2n) is 8.14. The van der Waals surface area contributed by atoms with Gasteiger partial charge in [0.1, 0.15) is 17.5 Å². The van der Waals surface area contributed by atoms with Crippen molar-refractivity contribution in [3.05, 3.63) is 41.3 Å². The monoisotopic (exact) mass is 399 g/mol. The summed E-state index contributed by atoms with van der Waals surface area (Å²) in [6.45, 7) is 5.66. The number of likely N-dealkylation sites (tertiary alicyclic amines) is 1. The molecule has 29 heavy (non-hydrogen) atoms. The van der Waals surface area contributed by atoms with Gasteiger partial charge in [0, 0.05) is 20.1 Å². The van der Waals surface area contributed by atoms with Gasteiger partial charge in [-0.1, -0.05) is 18.6 Å². The number of benzene rings is 1. The Morgan fingerprint density at radius 3 is 2.31 bits per heavy atom. The van der Waals surface area contributed by atoms with Crippen LogP contribution in [0.2, 0.25) is 0 Å². The number of hydrogen-bond acceptors (Lipinski definition) is 4. The highest BCUT2D eigenvalue weighted by Gasteiger charge is 2.31. The fourth-order valence-electron chi connectivity index (χ4n) is 4.43. The van der Waals surface area contributed by atoms with E-state index in [0.29, 0.717) is 0 Å². The third-order valence-corrected chi connectivity index (χ3v) is 6.16. The van der Waals surface area contributed by atoms with Gasteiger partial charge in [-0.2, -0.15) is 5.10 Å². The van der Waals surface area contributed by atoms with Gasteiger partial charge in [-0.05, 0) is 63.4 Å². The Kier molecular flexibility index (Phi) is 5.85. The Morgan fingerprint density at radius 2 is 1.66 bits per heavy atom. The Hall–Kier alpha value is -2.41. The van der Waals surface area contributed by atoms with Gasteiger partial charge in [-0.3, -0.25) is 14.4 Å². The average molecular weight is 400 g/mol. The third-order valence-electron chi connectivity index (χ3n) is 6.16. The number of nitrogens with one attached hydrogen (secondary N) is 1. The van der Waals surface area contributed by atoms with Crippen LogP contribution in [0.25, 0.3) is 0 Å². The Morgan fingerprint density at radius 1 is 1.03 bits per heavy atom. The second kappa shape index (κ2) is 8.53. The predicted molar refractivity (Wildman–Crippen MR) is 113 cm³/mol. The lowest BCUT2D eigenvalue weighted by molar-refractivity contribution is -0.122. The van der Waals surface area contributed by atoms with E-state index >= 15 is 0 Å². The minimum atomic E-state index is -0.429. The van der Waals surface area contributed by atoms with Crippen molar-refractivity contribution in [1.29, 1.82) is 0 Å². The number of carbonyl (C=O) groups is 1. The first-order valence-corrected chi connectivity index (χ1v) is 10.6. The van der Waals surface area contributed by atoms with Crippen LogP contribution < -0.4 is 10.2 Å². The van der Waals surface area contributed by atoms with Crippen molar-refractivity contribution in [2.24, 2.45) is 7.05 Å². The number of piperidine rings is 1. The number of anilines is 2. The summed E-state index contributed by atoms with van der Waals surface area (Å²) >= 11 is 0. The van der Waals surface area contributed by atoms with Crippen molar-refractivity contribution >= 4 is 17.4 Å². The van der Waals surface area contributed by atoms with Crippen LogP contribution in [0.5, 0.6) is 0 Å². The molecule has 2 aliphatic heterocycles. The van der Waals surface area contributed by atoms with Crippen LogP contribution in [0.1, 0.15) is 49.4 Å². The molecule has 0 radical (unpaired) electrons. The van der Waals surface area contributed by atoms with Crippen LogP contribution in [0.15, 0.2) is 24.3 Å². The van der Waals surface area contributed by atoms with E-state index in [1.54, 1.807) is 12.1 Å². The zero-order chi connectivity index (χ0) is 20.4. The molecule has 1 aromatic carbocycles. The summed E-state index contributed by atoms with van der Waals surface area (Å²) < 4.78 is 15.3. The molecule has 2 saturated heterocycles. The number of hydrogen-bond donors (Lipinski definition) is 1. The van der Waals surface area contributed by atoms with Gasteiger partial charge >= 0.3 is 0 Å². The molecule has 156 valence electrons. The van der Waals surface area contributed by atoms with Gasteiger partial charge in [-0.15, -0.1) is 0 Å². The normalized spacial score (nSPS) is 18.8. The van der Waals surface area contributed by atoms with Gasteiger partial charge in [0.2, 0.25) is 5.91 Å². The zero-order valence-electron chi connectivity index (χ0n) is 17.3. The maximum Gasteiger partial charge on any atom is 0.246 e. The fourth-order valence-corrected chi connectivity index (χ4v) is 4.43. The molecule has 3 heterocycles. The topological polar surface area (TPSA) is 53.4 Å². The Balaban J connectivity index is 1.64. The van der Waals surface area contributed by atoms with E-state index < -0.39 is 6.04 Å². The number of carbonyl (C=O) groups excluding carboxylic acids is 1. The van der Waals surface area contributed by atoms with Gasteiger partial charge in [0.15, 0.2) is 5.82 Å². The maximum absolute atomic E-state index is 13.5. The van der Waals surface area contributed by atoms with Gasteiger partial charge in [0.05, 0.1) is 5.69 Å². The first-order valence-electron chi connectivity index (χ1n) is 10.6. The van der Waals surface area contributed by atoms with Crippen molar-refractivity contribution < 1.29 is 9.18 Å². The van der Waals surface area contributed by atoms with Crippen LogP contribution in [0, 0.1) is 12.7 Å². The molecule has 0 bridgehead atoms. The lowest BCUT2D eigenvalue weighted by Crippen LogP contribution is -2.40. The van der Waals surface area contributed by atoms with Crippen molar-refractivity contribution in [2.45, 2.75) is 45.1 Å². The molecule has 2 aromatic rings. The molecule has 1 amide bonds. The standard InChI is InChI=1S/C22H30FN5O/c1-16-19(21(25-26(16)2)28-14-6-7-15-28)24-22(29)20(27-12-4-3-5-13-27)17-8-10-18(23)11-9-17/h8-11,20H,3-7,12-15H2,1-2H3,(H,24,29). The zero-order valence-corrected chi connectivity index (χ0v) is 17.3. The lowest BCUT2D eigenvalue weighted by Gasteiger charge is -2.34. The highest BCUT2D eigenvalue weighted by Crippen LogP contribution is 2.33. The molecule has 1 atom stereocenters. The molecule has 1 unspecified atom stereocenters. The van der Waals surface area contributed by atoms with Crippen LogP contribution in [0.4, 0.5) is 15.9 Å². The van der Waals surface area contributed by atoms with E-state index in [9.17, 15) is 9.18 Å². The summed E-state index contributed by atoms with van der Waals surface area (Å²) in [7, 11) is 1.91. The summed E-state index contributed by atoms with van der Waals surface area (Å²) in [5.74, 6) is 0.494. The Labute approximate surface area is 171 Å². The molecule has 0 saturated carbocycles. The van der Waals surface area contributed by atoms with Gasteiger partial charge < -0.3 is 10.2 Å². The van der Waals surface area contributed by atoms with Crippen molar-refractivity contribution in [1.82, 2.24) is 14.7 Å². The van der Waals surface area contributed by atoms with Crippen molar-refractivity contribution in [3.63, 3.8) is 0 Å². The second-order valence-corrected chi connectivity index (χ2v) is 8.14. The summed E-state index contributed by atoms with van der Waals surface area (Å²) in [5.41, 5.74) is 2.57. The molecule has 2 aliphatic rings. The van der Waals surface area contributed by atoms with Gasteiger partial charge in [-0.25, -0.2) is 4.39 Å². The van der Waals surface area contributed by atoms with E-state index in [0.717, 1.165) is 74.6 Å². The average Bonchev–Trinajstić information content (AvgIpc) is 3.35. The van der Waals surface area contributed by atoms with E-state index in [1.807, 2.05) is 18.7 Å². The number of amides is 1. The molecule has 4 rings (SSSR count). The molecular formula is C22H30FN5O. The SMILES string of the molecule is Cc1c(NC(=O)C(c2ccc(F)cc2)N2CCCCC2)c(N2CCCC2)nn1C. The van der Waals surface area contributed by atoms with E-state index in [4.69, 9.17) is 0 Å². The van der Waals surface area contributed by atoms with E-state index in [1.165, 1.54) is 18.6 Å². The van der Waals surface area contributed by atoms with Crippen LogP contribution >= 0.6 is 0 Å². The molecule has 6 nitrogen and oxygen atoms in total. The molecule has 7 heteroatoms. The molecule has 0 aliphatic carbocycles. The van der Waals surface area contributed by atoms with Gasteiger partial charge in [0.25, 0.3) is 0 Å². The fraction of sp³-hybridized carbons (Fsp3) is 0.545. The Bertz CT molecular complexity index is 851. The molecule has 2 fully saturated rings. The summed E-state index contributed by atoms with van der Waals surface area (Å²) in [6, 6.07) is 5.90. The number of nitrogens with zero attached hydrogens (tertiary/aromatic N) is 4. The largest absolute Gasteiger partial charge is 0.353 e. The molecule has 0 spiro atoms. The third kappa shape index (κ3) is 4.15. The summed E-state index contributed by atoms with van der Waals surface area (Å²) in [6.07, 6.45) is 5.64. The predicted octanol–water partition coefficient (Wildman–Crippen LogP) is 3.63. The number of aryl methyl sites for hydroxylation is 1. The quantitative estimate of drug-likeness (QED) is 0.834. The number of halogens is 1. The molecular weight excluding hydrogens is 369 g/mol.